The van der Waals surface area contributed by atoms with E-state index in [1.807, 2.05) is 6.92 Å². The third-order valence-electron chi connectivity index (χ3n) is 3.75. The maximum Gasteiger partial charge on any atom is 0.263 e. The first-order valence-electron chi connectivity index (χ1n) is 7.66. The summed E-state index contributed by atoms with van der Waals surface area (Å²) in [6, 6.07) is 0. The molecule has 1 aliphatic rings. The van der Waals surface area contributed by atoms with E-state index < -0.39 is 0 Å². The van der Waals surface area contributed by atoms with Crippen molar-refractivity contribution in [3.05, 3.63) is 15.6 Å². The van der Waals surface area contributed by atoms with Crippen LogP contribution >= 0.6 is 11.3 Å². The van der Waals surface area contributed by atoms with Gasteiger partial charge >= 0.3 is 0 Å². The molecule has 0 saturated carbocycles. The van der Waals surface area contributed by atoms with Crippen LogP contribution in [0.25, 0.3) is 0 Å². The van der Waals surface area contributed by atoms with Crippen LogP contribution in [0.4, 0.5) is 0 Å². The molecule has 5 heteroatoms. The lowest BCUT2D eigenvalue weighted by atomic mass is 9.96. The summed E-state index contributed by atoms with van der Waals surface area (Å²) in [4.78, 5) is 17.4. The van der Waals surface area contributed by atoms with Crippen LogP contribution in [0.5, 0.6) is 0 Å². The highest BCUT2D eigenvalue weighted by molar-refractivity contribution is 7.13. The maximum atomic E-state index is 12.2. The quantitative estimate of drug-likeness (QED) is 0.848. The molecule has 112 valence electrons. The SMILES string of the molecule is CCCc1nc(C)c(C(=O)NCCC2CCCNC2)s1. The van der Waals surface area contributed by atoms with Gasteiger partial charge in [-0.3, -0.25) is 4.79 Å². The Bertz CT molecular complexity index is 438. The number of piperidine rings is 1. The first-order valence-corrected chi connectivity index (χ1v) is 8.47. The van der Waals surface area contributed by atoms with Crippen molar-refractivity contribution in [2.75, 3.05) is 19.6 Å². The number of aryl methyl sites for hydroxylation is 2. The molecule has 0 aliphatic carbocycles. The molecule has 2 rings (SSSR count). The average Bonchev–Trinajstić information content (AvgIpc) is 2.81. The van der Waals surface area contributed by atoms with Gasteiger partial charge in [0, 0.05) is 6.54 Å². The van der Waals surface area contributed by atoms with Crippen LogP contribution in [0.2, 0.25) is 0 Å². The Hall–Kier alpha value is -0.940. The Morgan fingerprint density at radius 2 is 2.40 bits per heavy atom. The second kappa shape index (κ2) is 7.74. The number of rotatable bonds is 6. The monoisotopic (exact) mass is 295 g/mol. The Kier molecular flexibility index (Phi) is 5.98. The van der Waals surface area contributed by atoms with Gasteiger partial charge in [0.1, 0.15) is 4.88 Å². The zero-order valence-electron chi connectivity index (χ0n) is 12.5. The molecule has 2 N–H and O–H groups in total. The Morgan fingerprint density at radius 1 is 1.55 bits per heavy atom. The predicted octanol–water partition coefficient (Wildman–Crippen LogP) is 2.52. The second-order valence-corrected chi connectivity index (χ2v) is 6.61. The summed E-state index contributed by atoms with van der Waals surface area (Å²) < 4.78 is 0. The van der Waals surface area contributed by atoms with Gasteiger partial charge in [-0.05, 0) is 58.0 Å². The largest absolute Gasteiger partial charge is 0.351 e. The number of aromatic nitrogens is 1. The molecule has 4 nitrogen and oxygen atoms in total. The van der Waals surface area contributed by atoms with Gasteiger partial charge in [0.25, 0.3) is 5.91 Å². The van der Waals surface area contributed by atoms with Crippen LogP contribution in [-0.4, -0.2) is 30.5 Å². The van der Waals surface area contributed by atoms with Gasteiger partial charge in [0.2, 0.25) is 0 Å². The third-order valence-corrected chi connectivity index (χ3v) is 4.96. The van der Waals surface area contributed by atoms with Crippen molar-refractivity contribution in [2.45, 2.75) is 46.0 Å². The lowest BCUT2D eigenvalue weighted by Gasteiger charge is -2.22. The van der Waals surface area contributed by atoms with Crippen LogP contribution in [0.1, 0.15) is 53.0 Å². The second-order valence-electron chi connectivity index (χ2n) is 5.53. The number of carbonyl (C=O) groups excluding carboxylic acids is 1. The topological polar surface area (TPSA) is 54.0 Å². The van der Waals surface area contributed by atoms with Crippen LogP contribution in [0.3, 0.4) is 0 Å². The zero-order chi connectivity index (χ0) is 14.4. The van der Waals surface area contributed by atoms with Crippen molar-refractivity contribution in [1.82, 2.24) is 15.6 Å². The van der Waals surface area contributed by atoms with E-state index >= 15 is 0 Å². The van der Waals surface area contributed by atoms with E-state index in [9.17, 15) is 4.79 Å². The standard InChI is InChI=1S/C15H25N3OS/c1-3-5-13-18-11(2)14(20-13)15(19)17-9-7-12-6-4-8-16-10-12/h12,16H,3-10H2,1-2H3,(H,17,19). The van der Waals surface area contributed by atoms with Gasteiger partial charge in [-0.25, -0.2) is 4.98 Å². The Morgan fingerprint density at radius 3 is 3.10 bits per heavy atom. The predicted molar refractivity (Wildman–Crippen MR) is 83.4 cm³/mol. The summed E-state index contributed by atoms with van der Waals surface area (Å²) in [5.74, 6) is 0.758. The summed E-state index contributed by atoms with van der Waals surface area (Å²) in [5, 5.41) is 7.53. The van der Waals surface area contributed by atoms with Gasteiger partial charge in [0.05, 0.1) is 10.7 Å². The third kappa shape index (κ3) is 4.28. The minimum Gasteiger partial charge on any atom is -0.351 e. The van der Waals surface area contributed by atoms with E-state index in [4.69, 9.17) is 0 Å². The fourth-order valence-electron chi connectivity index (χ4n) is 2.62. The summed E-state index contributed by atoms with van der Waals surface area (Å²) in [6.45, 7) is 7.06. The highest BCUT2D eigenvalue weighted by atomic mass is 32.1. The molecule has 1 aliphatic heterocycles. The molecule has 20 heavy (non-hydrogen) atoms. The molecule has 2 heterocycles. The molecule has 1 atom stereocenters. The molecule has 1 amide bonds. The van der Waals surface area contributed by atoms with Crippen LogP contribution in [-0.2, 0) is 6.42 Å². The maximum absolute atomic E-state index is 12.2. The number of amides is 1. The minimum absolute atomic E-state index is 0.0473. The van der Waals surface area contributed by atoms with E-state index in [-0.39, 0.29) is 5.91 Å². The Balaban J connectivity index is 1.79. The zero-order valence-corrected chi connectivity index (χ0v) is 13.3. The number of carbonyl (C=O) groups is 1. The molecule has 0 spiro atoms. The highest BCUT2D eigenvalue weighted by Crippen LogP contribution is 2.19. The van der Waals surface area contributed by atoms with Crippen molar-refractivity contribution in [3.8, 4) is 0 Å². The van der Waals surface area contributed by atoms with E-state index in [0.717, 1.165) is 54.5 Å². The molecule has 1 aromatic rings. The van der Waals surface area contributed by atoms with Crippen molar-refractivity contribution in [2.24, 2.45) is 5.92 Å². The van der Waals surface area contributed by atoms with Crippen molar-refractivity contribution in [3.63, 3.8) is 0 Å². The molecular formula is C15H25N3OS. The van der Waals surface area contributed by atoms with Gasteiger partial charge in [-0.2, -0.15) is 0 Å². The molecule has 1 unspecified atom stereocenters. The summed E-state index contributed by atoms with van der Waals surface area (Å²) in [7, 11) is 0. The fraction of sp³-hybridized carbons (Fsp3) is 0.733. The lowest BCUT2D eigenvalue weighted by Crippen LogP contribution is -2.33. The van der Waals surface area contributed by atoms with Gasteiger partial charge in [-0.1, -0.05) is 6.92 Å². The molecule has 1 fully saturated rings. The van der Waals surface area contributed by atoms with E-state index in [2.05, 4.69) is 22.5 Å². The number of hydrogen-bond acceptors (Lipinski definition) is 4. The number of nitrogens with zero attached hydrogens (tertiary/aromatic N) is 1. The van der Waals surface area contributed by atoms with Crippen LogP contribution < -0.4 is 10.6 Å². The number of nitrogens with one attached hydrogen (secondary N) is 2. The summed E-state index contributed by atoms with van der Waals surface area (Å²) in [6.07, 6.45) is 5.64. The normalized spacial score (nSPS) is 19.0. The summed E-state index contributed by atoms with van der Waals surface area (Å²) >= 11 is 1.54. The molecule has 1 aromatic heterocycles. The fourth-order valence-corrected chi connectivity index (χ4v) is 3.71. The van der Waals surface area contributed by atoms with E-state index in [0.29, 0.717) is 5.92 Å². The molecule has 1 saturated heterocycles. The molecule has 0 bridgehead atoms. The number of thiazole rings is 1. The van der Waals surface area contributed by atoms with Gasteiger partial charge in [-0.15, -0.1) is 11.3 Å². The molecule has 0 aromatic carbocycles. The first kappa shape index (κ1) is 15.4. The van der Waals surface area contributed by atoms with Crippen molar-refractivity contribution in [1.29, 1.82) is 0 Å². The van der Waals surface area contributed by atoms with Gasteiger partial charge in [0.15, 0.2) is 0 Å². The molecular weight excluding hydrogens is 270 g/mol. The number of hydrogen-bond donors (Lipinski definition) is 2. The minimum atomic E-state index is 0.0473. The summed E-state index contributed by atoms with van der Waals surface area (Å²) in [5.41, 5.74) is 0.871. The van der Waals surface area contributed by atoms with Crippen LogP contribution in [0, 0.1) is 12.8 Å². The van der Waals surface area contributed by atoms with E-state index in [1.54, 1.807) is 11.3 Å². The Labute approximate surface area is 125 Å². The first-order chi connectivity index (χ1) is 9.70. The highest BCUT2D eigenvalue weighted by Gasteiger charge is 2.16. The van der Waals surface area contributed by atoms with Gasteiger partial charge < -0.3 is 10.6 Å². The average molecular weight is 295 g/mol. The smallest absolute Gasteiger partial charge is 0.263 e. The molecule has 0 radical (unpaired) electrons. The lowest BCUT2D eigenvalue weighted by molar-refractivity contribution is 0.0954. The van der Waals surface area contributed by atoms with Crippen molar-refractivity contribution >= 4 is 17.2 Å². The van der Waals surface area contributed by atoms with E-state index in [1.165, 1.54) is 12.8 Å². The van der Waals surface area contributed by atoms with Crippen LogP contribution in [0.15, 0.2) is 0 Å². The van der Waals surface area contributed by atoms with Crippen molar-refractivity contribution < 1.29 is 4.79 Å².